The van der Waals surface area contributed by atoms with Gasteiger partial charge in [0.15, 0.2) is 0 Å². The molecule has 0 atom stereocenters. The second kappa shape index (κ2) is 11.6. The first-order valence-corrected chi connectivity index (χ1v) is 12.5. The Hall–Kier alpha value is -5.38. The Labute approximate surface area is 228 Å². The SMILES string of the molecule is CCCNC(=O)c1cc(Oc2ccc(NC(=O)c3cc4cccnc4n(-c4ccc(F)cc4)c3=O)cc2)ccn1. The van der Waals surface area contributed by atoms with E-state index in [4.69, 9.17) is 4.74 Å². The minimum absolute atomic E-state index is 0.101. The number of carbonyl (C=O) groups is 2. The molecule has 10 heteroatoms. The summed E-state index contributed by atoms with van der Waals surface area (Å²) in [5.74, 6) is -0.443. The highest BCUT2D eigenvalue weighted by Crippen LogP contribution is 2.24. The third-order valence-electron chi connectivity index (χ3n) is 5.94. The van der Waals surface area contributed by atoms with Crippen LogP contribution in [0.4, 0.5) is 10.1 Å². The topological polar surface area (TPSA) is 115 Å². The molecule has 0 saturated heterocycles. The van der Waals surface area contributed by atoms with Crippen LogP contribution >= 0.6 is 0 Å². The van der Waals surface area contributed by atoms with Gasteiger partial charge in [0.05, 0.1) is 5.69 Å². The lowest BCUT2D eigenvalue weighted by Crippen LogP contribution is -2.29. The number of fused-ring (bicyclic) bond motifs is 1. The lowest BCUT2D eigenvalue weighted by molar-refractivity contribution is 0.0947. The molecule has 200 valence electrons. The standard InChI is InChI=1S/C30H24FN5O4/c1-2-14-34-29(38)26-18-24(13-16-32-26)40-23-11-7-21(8-12-23)35-28(37)25-17-19-4-3-15-33-27(19)36(30(25)39)22-9-5-20(31)6-10-22/h3-13,15-18H,2,14H2,1H3,(H,34,38)(H,35,37). The molecule has 5 aromatic rings. The molecular formula is C30H24FN5O4. The average molecular weight is 538 g/mol. The van der Waals surface area contributed by atoms with Gasteiger partial charge in [-0.15, -0.1) is 0 Å². The van der Waals surface area contributed by atoms with Crippen LogP contribution in [0.1, 0.15) is 34.2 Å². The van der Waals surface area contributed by atoms with E-state index in [1.54, 1.807) is 54.7 Å². The lowest BCUT2D eigenvalue weighted by atomic mass is 10.1. The molecule has 0 unspecified atom stereocenters. The molecule has 2 aromatic carbocycles. The van der Waals surface area contributed by atoms with E-state index in [0.29, 0.717) is 40.5 Å². The first kappa shape index (κ1) is 26.2. The number of amides is 2. The molecule has 2 N–H and O–H groups in total. The molecule has 0 aliphatic carbocycles. The summed E-state index contributed by atoms with van der Waals surface area (Å²) < 4.78 is 20.6. The fraction of sp³-hybridized carbons (Fsp3) is 0.100. The minimum atomic E-state index is -0.614. The van der Waals surface area contributed by atoms with Crippen LogP contribution in [0.3, 0.4) is 0 Å². The molecule has 2 amide bonds. The maximum atomic E-state index is 13.5. The number of rotatable bonds is 8. The van der Waals surface area contributed by atoms with E-state index >= 15 is 0 Å². The smallest absolute Gasteiger partial charge is 0.270 e. The minimum Gasteiger partial charge on any atom is -0.457 e. The van der Waals surface area contributed by atoms with Crippen LogP contribution in [0.5, 0.6) is 11.5 Å². The summed E-state index contributed by atoms with van der Waals surface area (Å²) in [5, 5.41) is 6.07. The molecule has 0 aliphatic heterocycles. The summed E-state index contributed by atoms with van der Waals surface area (Å²) in [4.78, 5) is 47.1. The number of ether oxygens (including phenoxy) is 1. The predicted octanol–water partition coefficient (Wildman–Crippen LogP) is 5.10. The Morgan fingerprint density at radius 3 is 2.42 bits per heavy atom. The normalized spacial score (nSPS) is 10.8. The molecule has 0 spiro atoms. The number of carbonyl (C=O) groups excluding carboxylic acids is 2. The van der Waals surface area contributed by atoms with E-state index in [-0.39, 0.29) is 17.2 Å². The number of hydrogen-bond acceptors (Lipinski definition) is 6. The molecule has 0 aliphatic rings. The fourth-order valence-electron chi connectivity index (χ4n) is 4.00. The van der Waals surface area contributed by atoms with Crippen molar-refractivity contribution in [3.05, 3.63) is 119 Å². The van der Waals surface area contributed by atoms with Gasteiger partial charge in [0.2, 0.25) is 0 Å². The molecular weight excluding hydrogens is 513 g/mol. The highest BCUT2D eigenvalue weighted by atomic mass is 19.1. The van der Waals surface area contributed by atoms with Gasteiger partial charge in [0.25, 0.3) is 17.4 Å². The van der Waals surface area contributed by atoms with Gasteiger partial charge < -0.3 is 15.4 Å². The van der Waals surface area contributed by atoms with Gasteiger partial charge in [-0.3, -0.25) is 23.9 Å². The van der Waals surface area contributed by atoms with Gasteiger partial charge in [-0.25, -0.2) is 9.37 Å². The molecule has 0 bridgehead atoms. The Morgan fingerprint density at radius 1 is 0.900 bits per heavy atom. The van der Waals surface area contributed by atoms with Crippen molar-refractivity contribution < 1.29 is 18.7 Å². The molecule has 0 fully saturated rings. The Morgan fingerprint density at radius 2 is 1.68 bits per heavy atom. The van der Waals surface area contributed by atoms with E-state index in [9.17, 15) is 18.8 Å². The van der Waals surface area contributed by atoms with Crippen molar-refractivity contribution >= 4 is 28.5 Å². The third kappa shape index (κ3) is 5.70. The highest BCUT2D eigenvalue weighted by Gasteiger charge is 2.18. The summed E-state index contributed by atoms with van der Waals surface area (Å²) in [6.07, 6.45) is 3.84. The molecule has 5 rings (SSSR count). The van der Waals surface area contributed by atoms with Gasteiger partial charge >= 0.3 is 0 Å². The molecule has 3 heterocycles. The molecule has 0 radical (unpaired) electrons. The van der Waals surface area contributed by atoms with E-state index in [0.717, 1.165) is 6.42 Å². The largest absolute Gasteiger partial charge is 0.457 e. The van der Waals surface area contributed by atoms with E-state index in [1.165, 1.54) is 41.1 Å². The van der Waals surface area contributed by atoms with Crippen LogP contribution < -0.4 is 20.9 Å². The average Bonchev–Trinajstić information content (AvgIpc) is 2.97. The molecule has 40 heavy (non-hydrogen) atoms. The van der Waals surface area contributed by atoms with Crippen molar-refractivity contribution in [2.24, 2.45) is 0 Å². The summed E-state index contributed by atoms with van der Waals surface area (Å²) in [5.41, 5.74) is 0.715. The number of nitrogens with zero attached hydrogens (tertiary/aromatic N) is 3. The zero-order valence-corrected chi connectivity index (χ0v) is 21.4. The summed E-state index contributed by atoms with van der Waals surface area (Å²) >= 11 is 0. The van der Waals surface area contributed by atoms with Gasteiger partial charge in [-0.1, -0.05) is 6.92 Å². The van der Waals surface area contributed by atoms with E-state index < -0.39 is 17.3 Å². The zero-order chi connectivity index (χ0) is 28.1. The second-order valence-electron chi connectivity index (χ2n) is 8.80. The Bertz CT molecular complexity index is 1750. The van der Waals surface area contributed by atoms with Crippen molar-refractivity contribution in [2.45, 2.75) is 13.3 Å². The number of aromatic nitrogens is 3. The number of anilines is 1. The molecule has 9 nitrogen and oxygen atoms in total. The maximum Gasteiger partial charge on any atom is 0.270 e. The predicted molar refractivity (Wildman–Crippen MR) is 149 cm³/mol. The van der Waals surface area contributed by atoms with Gasteiger partial charge in [0, 0.05) is 36.1 Å². The number of benzene rings is 2. The van der Waals surface area contributed by atoms with Crippen molar-refractivity contribution in [1.82, 2.24) is 19.9 Å². The van der Waals surface area contributed by atoms with E-state index in [1.807, 2.05) is 6.92 Å². The lowest BCUT2D eigenvalue weighted by Gasteiger charge is -2.13. The summed E-state index contributed by atoms with van der Waals surface area (Å²) in [7, 11) is 0. The van der Waals surface area contributed by atoms with Gasteiger partial charge in [-0.05, 0) is 79.2 Å². The zero-order valence-electron chi connectivity index (χ0n) is 21.4. The van der Waals surface area contributed by atoms with Crippen LogP contribution in [0.15, 0.2) is 96.1 Å². The Balaban J connectivity index is 1.36. The van der Waals surface area contributed by atoms with Crippen LogP contribution in [-0.4, -0.2) is 32.9 Å². The van der Waals surface area contributed by atoms with Crippen molar-refractivity contribution in [2.75, 3.05) is 11.9 Å². The maximum absolute atomic E-state index is 13.5. The molecule has 3 aromatic heterocycles. The van der Waals surface area contributed by atoms with Crippen LogP contribution in [0, 0.1) is 5.82 Å². The molecule has 0 saturated carbocycles. The number of nitrogens with one attached hydrogen (secondary N) is 2. The second-order valence-corrected chi connectivity index (χ2v) is 8.80. The van der Waals surface area contributed by atoms with Crippen molar-refractivity contribution in [3.63, 3.8) is 0 Å². The summed E-state index contributed by atoms with van der Waals surface area (Å²) in [6.45, 7) is 2.51. The number of pyridine rings is 3. The van der Waals surface area contributed by atoms with Gasteiger partial charge in [-0.2, -0.15) is 0 Å². The first-order chi connectivity index (χ1) is 19.4. The Kier molecular flexibility index (Phi) is 7.58. The quantitative estimate of drug-likeness (QED) is 0.285. The van der Waals surface area contributed by atoms with Gasteiger partial charge in [0.1, 0.15) is 34.2 Å². The van der Waals surface area contributed by atoms with Crippen molar-refractivity contribution in [1.29, 1.82) is 0 Å². The monoisotopic (exact) mass is 537 g/mol. The van der Waals surface area contributed by atoms with Crippen LogP contribution in [0.2, 0.25) is 0 Å². The van der Waals surface area contributed by atoms with E-state index in [2.05, 4.69) is 20.6 Å². The van der Waals surface area contributed by atoms with Crippen molar-refractivity contribution in [3.8, 4) is 17.2 Å². The number of hydrogen-bond donors (Lipinski definition) is 2. The number of halogens is 1. The highest BCUT2D eigenvalue weighted by molar-refractivity contribution is 6.05. The fourth-order valence-corrected chi connectivity index (χ4v) is 4.00. The third-order valence-corrected chi connectivity index (χ3v) is 5.94. The van der Waals surface area contributed by atoms with Crippen LogP contribution in [0.25, 0.3) is 16.7 Å². The first-order valence-electron chi connectivity index (χ1n) is 12.5. The summed E-state index contributed by atoms with van der Waals surface area (Å²) in [6, 6.07) is 20.0. The van der Waals surface area contributed by atoms with Crippen LogP contribution in [-0.2, 0) is 0 Å².